The van der Waals surface area contributed by atoms with Gasteiger partial charge in [-0.25, -0.2) is 8.42 Å². The van der Waals surface area contributed by atoms with Crippen molar-refractivity contribution in [3.05, 3.63) is 18.2 Å². The van der Waals surface area contributed by atoms with Crippen LogP contribution >= 0.6 is 11.8 Å². The first-order valence-electron chi connectivity index (χ1n) is 5.18. The molecule has 88 valence electrons. The fraction of sp³-hybridized carbons (Fsp3) is 0.455. The molecule has 16 heavy (non-hydrogen) atoms. The molecule has 5 heteroatoms. The Morgan fingerprint density at radius 1 is 1.44 bits per heavy atom. The smallest absolute Gasteiger partial charge is 0.177 e. The Balaban J connectivity index is 2.52. The van der Waals surface area contributed by atoms with Crippen molar-refractivity contribution >= 4 is 27.3 Å². The summed E-state index contributed by atoms with van der Waals surface area (Å²) in [6.07, 6.45) is 1.25. The molecule has 1 aromatic rings. The topological polar surface area (TPSA) is 46.2 Å². The second-order valence-electron chi connectivity index (χ2n) is 4.20. The molecule has 0 spiro atoms. The molecule has 0 saturated heterocycles. The highest BCUT2D eigenvalue weighted by atomic mass is 32.2. The van der Waals surface area contributed by atoms with Gasteiger partial charge < -0.3 is 5.32 Å². The van der Waals surface area contributed by atoms with Crippen LogP contribution in [0.5, 0.6) is 0 Å². The maximum atomic E-state index is 11.6. The van der Waals surface area contributed by atoms with Gasteiger partial charge in [0.1, 0.15) is 0 Å². The van der Waals surface area contributed by atoms with Gasteiger partial charge in [-0.05, 0) is 18.1 Å². The second kappa shape index (κ2) is 4.30. The molecule has 1 aromatic carbocycles. The molecule has 1 aliphatic rings. The van der Waals surface area contributed by atoms with E-state index in [4.69, 9.17) is 0 Å². The van der Waals surface area contributed by atoms with Gasteiger partial charge in [0.15, 0.2) is 9.84 Å². The number of hydrogen-bond donors (Lipinski definition) is 1. The van der Waals surface area contributed by atoms with Gasteiger partial charge in [-0.15, -0.1) is 11.8 Å². The summed E-state index contributed by atoms with van der Waals surface area (Å²) in [4.78, 5) is 1.44. The van der Waals surface area contributed by atoms with Crippen LogP contribution in [0.2, 0.25) is 0 Å². The third-order valence-electron chi connectivity index (χ3n) is 2.54. The lowest BCUT2D eigenvalue weighted by molar-refractivity contribution is 0.601. The molecule has 0 aliphatic carbocycles. The predicted octanol–water partition coefficient (Wildman–Crippen LogP) is 2.24. The van der Waals surface area contributed by atoms with E-state index in [0.29, 0.717) is 10.8 Å². The van der Waals surface area contributed by atoms with Crippen LogP contribution in [0.15, 0.2) is 28.0 Å². The van der Waals surface area contributed by atoms with Crippen LogP contribution < -0.4 is 5.32 Å². The van der Waals surface area contributed by atoms with Crippen molar-refractivity contribution in [1.82, 2.24) is 0 Å². The van der Waals surface area contributed by atoms with Gasteiger partial charge in [0.05, 0.1) is 10.6 Å². The molecule has 1 N–H and O–H groups in total. The van der Waals surface area contributed by atoms with Gasteiger partial charge in [-0.3, -0.25) is 0 Å². The number of hydrogen-bond acceptors (Lipinski definition) is 4. The third kappa shape index (κ3) is 2.35. The molecule has 0 saturated carbocycles. The van der Waals surface area contributed by atoms with E-state index in [2.05, 4.69) is 12.2 Å². The Morgan fingerprint density at radius 3 is 2.88 bits per heavy atom. The molecule has 0 radical (unpaired) electrons. The van der Waals surface area contributed by atoms with Crippen molar-refractivity contribution in [1.29, 1.82) is 0 Å². The Morgan fingerprint density at radius 2 is 2.19 bits per heavy atom. The van der Waals surface area contributed by atoms with Crippen LogP contribution in [0, 0.1) is 5.92 Å². The number of fused-ring (bicyclic) bond motifs is 1. The van der Waals surface area contributed by atoms with Crippen LogP contribution in [0.25, 0.3) is 0 Å². The van der Waals surface area contributed by atoms with Crippen molar-refractivity contribution in [2.45, 2.75) is 16.7 Å². The molecular weight excluding hydrogens is 242 g/mol. The van der Waals surface area contributed by atoms with Crippen LogP contribution in [0.1, 0.15) is 6.92 Å². The molecule has 0 bridgehead atoms. The van der Waals surface area contributed by atoms with Gasteiger partial charge in [0, 0.05) is 23.4 Å². The lowest BCUT2D eigenvalue weighted by Gasteiger charge is -2.12. The van der Waals surface area contributed by atoms with Gasteiger partial charge in [-0.2, -0.15) is 0 Å². The zero-order valence-electron chi connectivity index (χ0n) is 9.36. The second-order valence-corrected chi connectivity index (χ2v) is 7.24. The summed E-state index contributed by atoms with van der Waals surface area (Å²) in [6, 6.07) is 5.44. The number of sulfone groups is 1. The van der Waals surface area contributed by atoms with Crippen LogP contribution in [-0.4, -0.2) is 27.0 Å². The minimum Gasteiger partial charge on any atom is -0.383 e. The summed E-state index contributed by atoms with van der Waals surface area (Å²) < 4.78 is 23.3. The molecule has 1 atom stereocenters. The van der Waals surface area contributed by atoms with Crippen LogP contribution in [0.3, 0.4) is 0 Å². The van der Waals surface area contributed by atoms with Crippen molar-refractivity contribution in [2.75, 3.05) is 23.9 Å². The fourth-order valence-electron chi connectivity index (χ4n) is 1.68. The summed E-state index contributed by atoms with van der Waals surface area (Å²) in [7, 11) is -3.15. The number of benzene rings is 1. The van der Waals surface area contributed by atoms with Gasteiger partial charge >= 0.3 is 0 Å². The summed E-state index contributed by atoms with van der Waals surface area (Å²) in [6.45, 7) is 2.98. The summed E-state index contributed by atoms with van der Waals surface area (Å²) in [5.74, 6) is 1.57. The van der Waals surface area contributed by atoms with E-state index >= 15 is 0 Å². The minimum atomic E-state index is -3.15. The van der Waals surface area contributed by atoms with Crippen molar-refractivity contribution in [2.24, 2.45) is 5.92 Å². The molecule has 0 fully saturated rings. The zero-order valence-corrected chi connectivity index (χ0v) is 11.0. The minimum absolute atomic E-state index is 0.409. The van der Waals surface area contributed by atoms with Gasteiger partial charge in [-0.1, -0.05) is 13.0 Å². The van der Waals surface area contributed by atoms with Crippen LogP contribution in [0.4, 0.5) is 5.69 Å². The van der Waals surface area contributed by atoms with E-state index in [1.165, 1.54) is 6.26 Å². The van der Waals surface area contributed by atoms with E-state index in [1.54, 1.807) is 23.9 Å². The summed E-state index contributed by atoms with van der Waals surface area (Å²) >= 11 is 1.72. The largest absolute Gasteiger partial charge is 0.383 e. The van der Waals surface area contributed by atoms with Gasteiger partial charge in [0.25, 0.3) is 0 Å². The van der Waals surface area contributed by atoms with Crippen LogP contribution in [-0.2, 0) is 9.84 Å². The van der Waals surface area contributed by atoms with Crippen molar-refractivity contribution in [3.8, 4) is 0 Å². The molecule has 0 amide bonds. The molecule has 3 nitrogen and oxygen atoms in total. The van der Waals surface area contributed by atoms with E-state index in [0.717, 1.165) is 22.9 Å². The zero-order chi connectivity index (χ0) is 11.8. The monoisotopic (exact) mass is 257 g/mol. The normalized spacial score (nSPS) is 20.8. The fourth-order valence-corrected chi connectivity index (χ4v) is 3.71. The highest BCUT2D eigenvalue weighted by molar-refractivity contribution is 7.99. The number of anilines is 1. The first-order chi connectivity index (χ1) is 7.48. The Bertz CT molecular complexity index is 497. The third-order valence-corrected chi connectivity index (χ3v) is 5.06. The lowest BCUT2D eigenvalue weighted by atomic mass is 10.2. The Hall–Kier alpha value is -0.680. The molecule has 0 aromatic heterocycles. The van der Waals surface area contributed by atoms with Crippen molar-refractivity contribution < 1.29 is 8.42 Å². The highest BCUT2D eigenvalue weighted by Crippen LogP contribution is 2.36. The van der Waals surface area contributed by atoms with E-state index in [-0.39, 0.29) is 0 Å². The lowest BCUT2D eigenvalue weighted by Crippen LogP contribution is -2.12. The molecule has 1 heterocycles. The molecule has 1 aliphatic heterocycles. The maximum Gasteiger partial charge on any atom is 0.177 e. The molecule has 1 unspecified atom stereocenters. The average molecular weight is 257 g/mol. The summed E-state index contributed by atoms with van der Waals surface area (Å²) in [5, 5.41) is 3.25. The van der Waals surface area contributed by atoms with E-state index < -0.39 is 9.84 Å². The van der Waals surface area contributed by atoms with E-state index in [1.807, 2.05) is 6.07 Å². The maximum absolute atomic E-state index is 11.6. The first-order valence-corrected chi connectivity index (χ1v) is 8.06. The number of nitrogens with one attached hydrogen (secondary N) is 1. The summed E-state index contributed by atoms with van der Waals surface area (Å²) in [5.41, 5.74) is 0.777. The van der Waals surface area contributed by atoms with Gasteiger partial charge in [0.2, 0.25) is 0 Å². The predicted molar refractivity (Wildman–Crippen MR) is 67.9 cm³/mol. The average Bonchev–Trinajstić information content (AvgIpc) is 2.39. The van der Waals surface area contributed by atoms with Crippen molar-refractivity contribution in [3.63, 3.8) is 0 Å². The quantitative estimate of drug-likeness (QED) is 0.838. The standard InChI is InChI=1S/C11H15NO2S2/c1-8-6-12-11-9(15-7-8)4-3-5-10(11)16(2,13)14/h3-5,8,12H,6-7H2,1-2H3. The van der Waals surface area contributed by atoms with E-state index in [9.17, 15) is 8.42 Å². The number of rotatable bonds is 1. The first kappa shape index (κ1) is 11.8. The SMILES string of the molecule is CC1CNc2c(cccc2S(C)(=O)=O)SC1. The Kier molecular flexibility index (Phi) is 3.17. The highest BCUT2D eigenvalue weighted by Gasteiger charge is 2.20. The Labute approximate surface area is 101 Å². The number of thioether (sulfide) groups is 1. The number of para-hydroxylation sites is 1. The molecule has 2 rings (SSSR count). The molecular formula is C11H15NO2S2.